The summed E-state index contributed by atoms with van der Waals surface area (Å²) in [6.45, 7) is 0. The normalized spacial score (nSPS) is 59.2. The summed E-state index contributed by atoms with van der Waals surface area (Å²) >= 11 is 0. The molecule has 0 aromatic heterocycles. The van der Waals surface area contributed by atoms with Gasteiger partial charge < -0.3 is 0 Å². The quantitative estimate of drug-likeness (QED) is 0.483. The van der Waals surface area contributed by atoms with E-state index in [4.69, 9.17) is 0 Å². The molecule has 4 rings (SSSR count). The molecule has 4 fully saturated rings. The summed E-state index contributed by atoms with van der Waals surface area (Å²) in [5, 5.41) is 0. The zero-order valence-corrected chi connectivity index (χ0v) is 5.19. The van der Waals surface area contributed by atoms with Crippen molar-refractivity contribution in [1.29, 1.82) is 0 Å². The van der Waals surface area contributed by atoms with Gasteiger partial charge in [0.2, 0.25) is 0 Å². The lowest BCUT2D eigenvalue weighted by atomic mass is 9.42. The van der Waals surface area contributed by atoms with Gasteiger partial charge in [0.15, 0.2) is 0 Å². The first-order valence-corrected chi connectivity index (χ1v) is 3.89. The summed E-state index contributed by atoms with van der Waals surface area (Å²) in [4.78, 5) is 0. The van der Waals surface area contributed by atoms with Crippen molar-refractivity contribution in [3.8, 4) is 0 Å². The predicted molar refractivity (Wildman–Crippen MR) is 32.5 cm³/mol. The van der Waals surface area contributed by atoms with E-state index in [-0.39, 0.29) is 0 Å². The average molecular weight is 108 g/mol. The summed E-state index contributed by atoms with van der Waals surface area (Å²) in [5.41, 5.74) is 0.977. The van der Waals surface area contributed by atoms with Crippen LogP contribution in [0.4, 0.5) is 0 Å². The van der Waals surface area contributed by atoms with E-state index < -0.39 is 0 Å². The van der Waals surface area contributed by atoms with Crippen LogP contribution in [-0.2, 0) is 0 Å². The van der Waals surface area contributed by atoms with Crippen molar-refractivity contribution in [2.24, 2.45) is 17.3 Å². The highest BCUT2D eigenvalue weighted by molar-refractivity contribution is 5.12. The molecule has 4 aliphatic rings. The predicted octanol–water partition coefficient (Wildman–Crippen LogP) is 2.20. The van der Waals surface area contributed by atoms with E-state index in [0.29, 0.717) is 0 Å². The number of hydrogen-bond acceptors (Lipinski definition) is 0. The zero-order chi connectivity index (χ0) is 5.19. The molecule has 0 aliphatic heterocycles. The largest absolute Gasteiger partial charge is 0.0496 e. The Hall–Kier alpha value is 0. The monoisotopic (exact) mass is 108 g/mol. The van der Waals surface area contributed by atoms with Crippen molar-refractivity contribution < 1.29 is 0 Å². The molecule has 0 aromatic carbocycles. The lowest BCUT2D eigenvalue weighted by Crippen LogP contribution is -2.53. The molecule has 0 heteroatoms. The molecule has 44 valence electrons. The summed E-state index contributed by atoms with van der Waals surface area (Å²) < 4.78 is 0. The first kappa shape index (κ1) is 3.92. The van der Waals surface area contributed by atoms with Crippen LogP contribution in [-0.4, -0.2) is 0 Å². The molecule has 0 radical (unpaired) electrons. The van der Waals surface area contributed by atoms with Crippen molar-refractivity contribution >= 4 is 0 Å². The van der Waals surface area contributed by atoms with Crippen LogP contribution in [0.15, 0.2) is 0 Å². The summed E-state index contributed by atoms with van der Waals surface area (Å²) in [6.07, 6.45) is 8.02. The molecule has 0 N–H and O–H groups in total. The maximum absolute atomic E-state index is 1.62. The number of rotatable bonds is 1. The molecule has 0 nitrogen and oxygen atoms in total. The third-order valence-corrected chi connectivity index (χ3v) is 3.53. The molecule has 2 bridgehead atoms. The van der Waals surface area contributed by atoms with E-state index in [9.17, 15) is 0 Å². The summed E-state index contributed by atoms with van der Waals surface area (Å²) in [7, 11) is 0. The van der Waals surface area contributed by atoms with Gasteiger partial charge in [0.05, 0.1) is 0 Å². The first-order valence-electron chi connectivity index (χ1n) is 3.89. The average Bonchev–Trinajstić information content (AvgIpc) is 2.02. The SMILES string of the molecule is C1CC1C12CC(C1)C2. The van der Waals surface area contributed by atoms with Crippen LogP contribution in [0, 0.1) is 17.3 Å². The van der Waals surface area contributed by atoms with Crippen LogP contribution < -0.4 is 0 Å². The minimum Gasteiger partial charge on any atom is -0.0496 e. The molecule has 0 heterocycles. The lowest BCUT2D eigenvalue weighted by Gasteiger charge is -2.63. The van der Waals surface area contributed by atoms with Gasteiger partial charge in [0.25, 0.3) is 0 Å². The van der Waals surface area contributed by atoms with Crippen LogP contribution >= 0.6 is 0 Å². The van der Waals surface area contributed by atoms with E-state index in [1.807, 2.05) is 0 Å². The van der Waals surface area contributed by atoms with E-state index >= 15 is 0 Å². The van der Waals surface area contributed by atoms with Crippen molar-refractivity contribution in [2.45, 2.75) is 32.1 Å². The fraction of sp³-hybridized carbons (Fsp3) is 1.00. The molecular formula is C8H12. The minimum absolute atomic E-state index is 0.977. The van der Waals surface area contributed by atoms with E-state index in [2.05, 4.69) is 0 Å². The van der Waals surface area contributed by atoms with Crippen molar-refractivity contribution in [3.63, 3.8) is 0 Å². The Morgan fingerprint density at radius 1 is 1.00 bits per heavy atom. The molecule has 0 unspecified atom stereocenters. The fourth-order valence-electron chi connectivity index (χ4n) is 2.74. The van der Waals surface area contributed by atoms with Gasteiger partial charge in [-0.2, -0.15) is 0 Å². The molecule has 0 spiro atoms. The molecule has 0 atom stereocenters. The Balaban J connectivity index is 1.86. The molecule has 4 saturated carbocycles. The topological polar surface area (TPSA) is 0 Å². The maximum atomic E-state index is 1.62. The van der Waals surface area contributed by atoms with Gasteiger partial charge in [-0.1, -0.05) is 0 Å². The molecule has 0 saturated heterocycles. The van der Waals surface area contributed by atoms with E-state index in [1.165, 1.54) is 11.8 Å². The number of hydrogen-bond donors (Lipinski definition) is 0. The van der Waals surface area contributed by atoms with Gasteiger partial charge in [-0.05, 0) is 49.4 Å². The Morgan fingerprint density at radius 3 is 1.75 bits per heavy atom. The van der Waals surface area contributed by atoms with Gasteiger partial charge in [-0.3, -0.25) is 0 Å². The second-order valence-corrected chi connectivity index (χ2v) is 4.12. The third-order valence-electron chi connectivity index (χ3n) is 3.53. The molecular weight excluding hydrogens is 96.1 g/mol. The zero-order valence-electron chi connectivity index (χ0n) is 5.19. The fourth-order valence-corrected chi connectivity index (χ4v) is 2.74. The Bertz CT molecular complexity index is 116. The third kappa shape index (κ3) is 0.260. The first-order chi connectivity index (χ1) is 3.89. The van der Waals surface area contributed by atoms with E-state index in [0.717, 1.165) is 5.41 Å². The maximum Gasteiger partial charge on any atom is -0.0261 e. The van der Waals surface area contributed by atoms with Crippen LogP contribution in [0.25, 0.3) is 0 Å². The lowest BCUT2D eigenvalue weighted by molar-refractivity contribution is -0.124. The van der Waals surface area contributed by atoms with Crippen LogP contribution in [0.5, 0.6) is 0 Å². The Morgan fingerprint density at radius 2 is 1.62 bits per heavy atom. The highest BCUT2D eigenvalue weighted by atomic mass is 14.7. The van der Waals surface area contributed by atoms with Crippen LogP contribution in [0.3, 0.4) is 0 Å². The molecule has 4 aliphatic carbocycles. The Kier molecular flexibility index (Phi) is 0.427. The van der Waals surface area contributed by atoms with Crippen LogP contribution in [0.1, 0.15) is 32.1 Å². The molecule has 0 aromatic rings. The molecule has 8 heavy (non-hydrogen) atoms. The van der Waals surface area contributed by atoms with Gasteiger partial charge in [0.1, 0.15) is 0 Å². The van der Waals surface area contributed by atoms with Crippen molar-refractivity contribution in [2.75, 3.05) is 0 Å². The molecule has 0 amide bonds. The van der Waals surface area contributed by atoms with Gasteiger partial charge in [0, 0.05) is 0 Å². The van der Waals surface area contributed by atoms with Crippen molar-refractivity contribution in [1.82, 2.24) is 0 Å². The standard InChI is InChI=1S/C8H12/c1-2-7(1)8-3-6(4-8)5-8/h6-7H,1-5H2. The highest BCUT2D eigenvalue weighted by Crippen LogP contribution is 2.73. The second-order valence-electron chi connectivity index (χ2n) is 4.12. The summed E-state index contributed by atoms with van der Waals surface area (Å²) in [6, 6.07) is 0. The smallest absolute Gasteiger partial charge is 0.0261 e. The van der Waals surface area contributed by atoms with Gasteiger partial charge >= 0.3 is 0 Å². The Labute approximate surface area is 50.3 Å². The van der Waals surface area contributed by atoms with E-state index in [1.54, 1.807) is 32.1 Å². The van der Waals surface area contributed by atoms with Crippen LogP contribution in [0.2, 0.25) is 0 Å². The highest BCUT2D eigenvalue weighted by Gasteiger charge is 2.62. The summed E-state index contributed by atoms with van der Waals surface area (Å²) in [5.74, 6) is 2.42. The minimum atomic E-state index is 0.977. The van der Waals surface area contributed by atoms with Gasteiger partial charge in [-0.15, -0.1) is 0 Å². The van der Waals surface area contributed by atoms with Gasteiger partial charge in [-0.25, -0.2) is 0 Å². The van der Waals surface area contributed by atoms with Crippen molar-refractivity contribution in [3.05, 3.63) is 0 Å². The second kappa shape index (κ2) is 0.872.